The molecule has 0 aliphatic rings. The summed E-state index contributed by atoms with van der Waals surface area (Å²) in [6.07, 6.45) is 3.28. The maximum atomic E-state index is 10.9. The monoisotopic (exact) mass is 200 g/mol. The van der Waals surface area contributed by atoms with Crippen molar-refractivity contribution in [2.24, 2.45) is 0 Å². The molecule has 4 heteroatoms. The van der Waals surface area contributed by atoms with E-state index in [1.54, 1.807) is 0 Å². The van der Waals surface area contributed by atoms with E-state index in [9.17, 15) is 4.79 Å². The van der Waals surface area contributed by atoms with Crippen molar-refractivity contribution in [3.05, 3.63) is 47.3 Å². The van der Waals surface area contributed by atoms with Gasteiger partial charge in [0, 0.05) is 22.7 Å². The van der Waals surface area contributed by atoms with Crippen LogP contribution in [0.4, 0.5) is 0 Å². The fraction of sp³-hybridized carbons (Fsp3) is 0. The predicted molar refractivity (Wildman–Crippen MR) is 56.6 cm³/mol. The van der Waals surface area contributed by atoms with Crippen LogP contribution in [-0.2, 0) is 0 Å². The maximum Gasteiger partial charge on any atom is 0.416 e. The fourth-order valence-corrected chi connectivity index (χ4v) is 1.71. The Kier molecular flexibility index (Phi) is 1.56. The van der Waals surface area contributed by atoms with E-state index < -0.39 is 5.76 Å². The number of aromatic amines is 2. The summed E-state index contributed by atoms with van der Waals surface area (Å²) in [4.78, 5) is 16.6. The van der Waals surface area contributed by atoms with Crippen molar-refractivity contribution in [3.8, 4) is 11.3 Å². The molecule has 0 saturated heterocycles. The molecule has 0 bridgehead atoms. The molecule has 0 aliphatic carbocycles. The molecule has 2 aromatic heterocycles. The number of fused-ring (bicyclic) bond motifs is 1. The van der Waals surface area contributed by atoms with Crippen LogP contribution in [0.2, 0.25) is 0 Å². The molecule has 1 aromatic carbocycles. The van der Waals surface area contributed by atoms with Crippen LogP contribution in [0.25, 0.3) is 22.2 Å². The third kappa shape index (κ3) is 1.19. The van der Waals surface area contributed by atoms with Gasteiger partial charge in [0.05, 0.1) is 5.69 Å². The number of para-hydroxylation sites is 1. The Labute approximate surface area is 84.6 Å². The van der Waals surface area contributed by atoms with E-state index in [1.165, 1.54) is 6.26 Å². The average Bonchev–Trinajstić information content (AvgIpc) is 2.83. The minimum Gasteiger partial charge on any atom is -0.416 e. The zero-order valence-electron chi connectivity index (χ0n) is 7.78. The van der Waals surface area contributed by atoms with Crippen molar-refractivity contribution < 1.29 is 4.42 Å². The lowest BCUT2D eigenvalue weighted by atomic mass is 10.1. The van der Waals surface area contributed by atoms with Gasteiger partial charge in [-0.3, -0.25) is 4.98 Å². The molecular formula is C11H8N2O2. The summed E-state index contributed by atoms with van der Waals surface area (Å²) in [5, 5.41) is 1.06. The molecule has 2 N–H and O–H groups in total. The van der Waals surface area contributed by atoms with E-state index in [2.05, 4.69) is 9.97 Å². The normalized spacial score (nSPS) is 10.9. The standard InChI is InChI=1S/C11H8N2O2/c14-11-13-10(6-15-11)8-5-12-9-4-2-1-3-7(8)9/h1-6,12H,(H,13,14). The molecule has 4 nitrogen and oxygen atoms in total. The van der Waals surface area contributed by atoms with Gasteiger partial charge in [-0.05, 0) is 6.07 Å². The number of benzene rings is 1. The van der Waals surface area contributed by atoms with Crippen molar-refractivity contribution in [3.63, 3.8) is 0 Å². The topological polar surface area (TPSA) is 61.8 Å². The second kappa shape index (κ2) is 2.88. The number of hydrogen-bond acceptors (Lipinski definition) is 2. The molecule has 74 valence electrons. The number of rotatable bonds is 1. The molecule has 0 saturated carbocycles. The molecule has 0 unspecified atom stereocenters. The number of H-pyrrole nitrogens is 2. The molecule has 3 rings (SSSR count). The summed E-state index contributed by atoms with van der Waals surface area (Å²) in [7, 11) is 0. The highest BCUT2D eigenvalue weighted by Crippen LogP contribution is 2.25. The Morgan fingerprint density at radius 1 is 1.20 bits per heavy atom. The van der Waals surface area contributed by atoms with Crippen molar-refractivity contribution in [1.82, 2.24) is 9.97 Å². The molecule has 0 radical (unpaired) electrons. The van der Waals surface area contributed by atoms with Crippen molar-refractivity contribution in [2.75, 3.05) is 0 Å². The summed E-state index contributed by atoms with van der Waals surface area (Å²) in [6.45, 7) is 0. The van der Waals surface area contributed by atoms with Crippen LogP contribution in [-0.4, -0.2) is 9.97 Å². The van der Waals surface area contributed by atoms with Crippen LogP contribution in [0, 0.1) is 0 Å². The first-order valence-corrected chi connectivity index (χ1v) is 4.59. The third-order valence-corrected chi connectivity index (χ3v) is 2.40. The summed E-state index contributed by atoms with van der Waals surface area (Å²) in [5.74, 6) is -0.435. The minimum absolute atomic E-state index is 0.435. The van der Waals surface area contributed by atoms with Gasteiger partial charge in [0.15, 0.2) is 0 Å². The summed E-state index contributed by atoms with van der Waals surface area (Å²) < 4.78 is 4.71. The largest absolute Gasteiger partial charge is 0.416 e. The highest BCUT2D eigenvalue weighted by Gasteiger charge is 2.07. The Balaban J connectivity index is 2.32. The second-order valence-electron chi connectivity index (χ2n) is 3.31. The van der Waals surface area contributed by atoms with Crippen molar-refractivity contribution in [1.29, 1.82) is 0 Å². The number of nitrogens with one attached hydrogen (secondary N) is 2. The zero-order valence-corrected chi connectivity index (χ0v) is 7.78. The SMILES string of the molecule is O=c1[nH]c(-c2c[nH]c3ccccc23)co1. The van der Waals surface area contributed by atoms with Crippen LogP contribution < -0.4 is 5.76 Å². The average molecular weight is 200 g/mol. The molecule has 0 aliphatic heterocycles. The smallest absolute Gasteiger partial charge is 0.416 e. The Bertz CT molecular complexity index is 660. The molecular weight excluding hydrogens is 192 g/mol. The summed E-state index contributed by atoms with van der Waals surface area (Å²) >= 11 is 0. The number of aromatic nitrogens is 2. The molecule has 3 aromatic rings. The molecule has 0 atom stereocenters. The van der Waals surface area contributed by atoms with Gasteiger partial charge >= 0.3 is 5.76 Å². The lowest BCUT2D eigenvalue weighted by Crippen LogP contribution is -1.94. The van der Waals surface area contributed by atoms with Crippen LogP contribution in [0.1, 0.15) is 0 Å². The fourth-order valence-electron chi connectivity index (χ4n) is 1.71. The van der Waals surface area contributed by atoms with E-state index in [1.807, 2.05) is 30.5 Å². The van der Waals surface area contributed by atoms with Gasteiger partial charge in [-0.25, -0.2) is 4.79 Å². The van der Waals surface area contributed by atoms with Gasteiger partial charge in [0.1, 0.15) is 6.26 Å². The zero-order chi connectivity index (χ0) is 10.3. The highest BCUT2D eigenvalue weighted by molar-refractivity contribution is 5.94. The van der Waals surface area contributed by atoms with Gasteiger partial charge in [-0.1, -0.05) is 18.2 Å². The molecule has 2 heterocycles. The first-order chi connectivity index (χ1) is 7.34. The van der Waals surface area contributed by atoms with Gasteiger partial charge in [-0.2, -0.15) is 0 Å². The van der Waals surface area contributed by atoms with E-state index in [-0.39, 0.29) is 0 Å². The first-order valence-electron chi connectivity index (χ1n) is 4.59. The summed E-state index contributed by atoms with van der Waals surface area (Å²) in [6, 6.07) is 7.89. The Morgan fingerprint density at radius 3 is 2.87 bits per heavy atom. The van der Waals surface area contributed by atoms with Crippen molar-refractivity contribution >= 4 is 10.9 Å². The van der Waals surface area contributed by atoms with Gasteiger partial charge in [-0.15, -0.1) is 0 Å². The summed E-state index contributed by atoms with van der Waals surface area (Å²) in [5.41, 5.74) is 2.67. The van der Waals surface area contributed by atoms with Crippen LogP contribution in [0.3, 0.4) is 0 Å². The number of oxazole rings is 1. The van der Waals surface area contributed by atoms with Crippen LogP contribution >= 0.6 is 0 Å². The Morgan fingerprint density at radius 2 is 2.07 bits per heavy atom. The third-order valence-electron chi connectivity index (χ3n) is 2.40. The molecule has 0 fully saturated rings. The van der Waals surface area contributed by atoms with E-state index in [0.717, 1.165) is 16.5 Å². The van der Waals surface area contributed by atoms with Gasteiger partial charge in [0.25, 0.3) is 0 Å². The number of hydrogen-bond donors (Lipinski definition) is 2. The quantitative estimate of drug-likeness (QED) is 0.632. The van der Waals surface area contributed by atoms with Crippen LogP contribution in [0.15, 0.2) is 45.9 Å². The lowest BCUT2D eigenvalue weighted by molar-refractivity contribution is 0.515. The second-order valence-corrected chi connectivity index (χ2v) is 3.31. The molecule has 15 heavy (non-hydrogen) atoms. The molecule has 0 amide bonds. The lowest BCUT2D eigenvalue weighted by Gasteiger charge is -1.92. The first kappa shape index (κ1) is 8.11. The predicted octanol–water partition coefficient (Wildman–Crippen LogP) is 2.12. The van der Waals surface area contributed by atoms with Crippen molar-refractivity contribution in [2.45, 2.75) is 0 Å². The van der Waals surface area contributed by atoms with E-state index >= 15 is 0 Å². The van der Waals surface area contributed by atoms with E-state index in [4.69, 9.17) is 4.42 Å². The Hall–Kier alpha value is -2.23. The maximum absolute atomic E-state index is 10.9. The highest BCUT2D eigenvalue weighted by atomic mass is 16.4. The van der Waals surface area contributed by atoms with Gasteiger partial charge in [0.2, 0.25) is 0 Å². The van der Waals surface area contributed by atoms with Crippen LogP contribution in [0.5, 0.6) is 0 Å². The van der Waals surface area contributed by atoms with Gasteiger partial charge < -0.3 is 9.40 Å². The van der Waals surface area contributed by atoms with E-state index in [0.29, 0.717) is 5.69 Å². The minimum atomic E-state index is -0.435. The molecule has 0 spiro atoms.